The van der Waals surface area contributed by atoms with Crippen LogP contribution >= 0.6 is 24.0 Å². The lowest BCUT2D eigenvalue weighted by Crippen LogP contribution is -2.36. The highest BCUT2D eigenvalue weighted by atomic mass is 32.3. The Morgan fingerprint density at radius 1 is 0.871 bits per heavy atom. The fraction of sp³-hybridized carbons (Fsp3) is 0.130. The maximum absolute atomic E-state index is 13.3. The minimum absolute atomic E-state index is 0.258. The number of hydrogen-bond acceptors (Lipinski definition) is 4. The lowest BCUT2D eigenvalue weighted by Gasteiger charge is -2.24. The second kappa shape index (κ2) is 8.45. The van der Waals surface area contributed by atoms with E-state index in [9.17, 15) is 8.42 Å². The molecule has 0 radical (unpaired) electrons. The van der Waals surface area contributed by atoms with Gasteiger partial charge in [0.2, 0.25) is 5.11 Å². The molecule has 31 heavy (non-hydrogen) atoms. The fourth-order valence-electron chi connectivity index (χ4n) is 3.17. The normalized spacial score (nSPS) is 18.1. The summed E-state index contributed by atoms with van der Waals surface area (Å²) in [7, 11) is -3.68. The summed E-state index contributed by atoms with van der Waals surface area (Å²) in [5.74, 6) is 0. The third-order valence-electron chi connectivity index (χ3n) is 4.77. The van der Waals surface area contributed by atoms with Gasteiger partial charge in [-0.2, -0.15) is 4.99 Å². The van der Waals surface area contributed by atoms with Crippen molar-refractivity contribution in [2.75, 3.05) is 9.21 Å². The maximum Gasteiger partial charge on any atom is 0.256 e. The standard InChI is InChI=1S/C23H21N3O2S3/c1-23(2)30-22(26(31(23,27)28)20-16-10-5-11-17-20)24-21(29)25(18-12-6-3-7-13-18)19-14-8-4-9-15-19/h3-17H,1-2H3/b24-22-. The number of para-hydroxylation sites is 3. The SMILES string of the molecule is CC1(C)S/C(=N\C(=S)N(c2ccccc2)c2ccccc2)N(c2ccccc2)S1(=O)=O. The summed E-state index contributed by atoms with van der Waals surface area (Å²) < 4.78 is 26.8. The number of sulfonamides is 1. The van der Waals surface area contributed by atoms with Gasteiger partial charge in [-0.25, -0.2) is 12.7 Å². The Balaban J connectivity index is 1.82. The first kappa shape index (κ1) is 21.5. The molecule has 0 saturated carbocycles. The summed E-state index contributed by atoms with van der Waals surface area (Å²) in [6.07, 6.45) is 0. The highest BCUT2D eigenvalue weighted by molar-refractivity contribution is 8.29. The molecule has 3 aromatic carbocycles. The highest BCUT2D eigenvalue weighted by Crippen LogP contribution is 2.45. The first-order valence-corrected chi connectivity index (χ1v) is 12.3. The van der Waals surface area contributed by atoms with E-state index in [4.69, 9.17) is 12.2 Å². The number of thioether (sulfide) groups is 1. The van der Waals surface area contributed by atoms with E-state index in [1.54, 1.807) is 38.1 Å². The van der Waals surface area contributed by atoms with Crippen molar-refractivity contribution in [1.29, 1.82) is 0 Å². The Bertz CT molecular complexity index is 1170. The van der Waals surface area contributed by atoms with Gasteiger partial charge in [0.05, 0.1) is 5.69 Å². The average Bonchev–Trinajstić information content (AvgIpc) is 2.93. The summed E-state index contributed by atoms with van der Waals surface area (Å²) >= 11 is 6.92. The quantitative estimate of drug-likeness (QED) is 0.457. The van der Waals surface area contributed by atoms with Crippen LogP contribution in [-0.4, -0.2) is 22.8 Å². The van der Waals surface area contributed by atoms with Crippen LogP contribution in [0.2, 0.25) is 0 Å². The summed E-state index contributed by atoms with van der Waals surface area (Å²) in [5.41, 5.74) is 2.23. The second-order valence-corrected chi connectivity index (χ2v) is 11.8. The zero-order valence-electron chi connectivity index (χ0n) is 17.0. The topological polar surface area (TPSA) is 53.0 Å². The Hall–Kier alpha value is -2.68. The number of thiocarbonyl (C=S) groups is 1. The third kappa shape index (κ3) is 4.11. The molecule has 1 heterocycles. The van der Waals surface area contributed by atoms with E-state index in [1.807, 2.05) is 71.6 Å². The van der Waals surface area contributed by atoms with Crippen molar-refractivity contribution in [2.24, 2.45) is 4.99 Å². The highest BCUT2D eigenvalue weighted by Gasteiger charge is 2.51. The molecule has 0 unspecified atom stereocenters. The molecular weight excluding hydrogens is 446 g/mol. The van der Waals surface area contributed by atoms with Crippen molar-refractivity contribution >= 4 is 61.3 Å². The molecule has 0 amide bonds. The van der Waals surface area contributed by atoms with Gasteiger partial charge >= 0.3 is 0 Å². The lowest BCUT2D eigenvalue weighted by molar-refractivity contribution is 0.585. The van der Waals surface area contributed by atoms with E-state index in [0.29, 0.717) is 10.9 Å². The van der Waals surface area contributed by atoms with Crippen LogP contribution in [0.25, 0.3) is 0 Å². The number of nitrogens with zero attached hydrogens (tertiary/aromatic N) is 3. The molecule has 4 rings (SSSR count). The predicted molar refractivity (Wildman–Crippen MR) is 135 cm³/mol. The zero-order chi connectivity index (χ0) is 22.1. The molecule has 5 nitrogen and oxygen atoms in total. The molecule has 8 heteroatoms. The monoisotopic (exact) mass is 467 g/mol. The Morgan fingerprint density at radius 2 is 1.32 bits per heavy atom. The van der Waals surface area contributed by atoms with Crippen LogP contribution in [0.4, 0.5) is 17.1 Å². The van der Waals surface area contributed by atoms with E-state index in [0.717, 1.165) is 11.4 Å². The summed E-state index contributed by atoms with van der Waals surface area (Å²) in [6, 6.07) is 28.3. The summed E-state index contributed by atoms with van der Waals surface area (Å²) in [5, 5.41) is 0.590. The largest absolute Gasteiger partial charge is 0.286 e. The first-order chi connectivity index (χ1) is 14.8. The molecule has 1 saturated heterocycles. The summed E-state index contributed by atoms with van der Waals surface area (Å²) in [6.45, 7) is 3.36. The van der Waals surface area contributed by atoms with Crippen molar-refractivity contribution < 1.29 is 8.42 Å². The predicted octanol–water partition coefficient (Wildman–Crippen LogP) is 5.78. The van der Waals surface area contributed by atoms with E-state index in [1.165, 1.54) is 16.1 Å². The summed E-state index contributed by atoms with van der Waals surface area (Å²) in [4.78, 5) is 6.50. The minimum atomic E-state index is -3.68. The van der Waals surface area contributed by atoms with Crippen LogP contribution in [0.15, 0.2) is 96.0 Å². The fourth-order valence-corrected chi connectivity index (χ4v) is 6.65. The molecule has 0 spiro atoms. The molecule has 0 N–H and O–H groups in total. The van der Waals surface area contributed by atoms with Crippen LogP contribution in [0, 0.1) is 0 Å². The van der Waals surface area contributed by atoms with Gasteiger partial charge in [0, 0.05) is 11.4 Å². The molecular formula is C23H21N3O2S3. The molecule has 0 atom stereocenters. The van der Waals surface area contributed by atoms with Crippen molar-refractivity contribution in [3.8, 4) is 0 Å². The van der Waals surface area contributed by atoms with Gasteiger partial charge < -0.3 is 0 Å². The number of aliphatic imine (C=N–C) groups is 1. The van der Waals surface area contributed by atoms with E-state index in [2.05, 4.69) is 4.99 Å². The maximum atomic E-state index is 13.3. The third-order valence-corrected chi connectivity index (χ3v) is 9.10. The molecule has 0 bridgehead atoms. The molecule has 1 fully saturated rings. The van der Waals surface area contributed by atoms with E-state index >= 15 is 0 Å². The van der Waals surface area contributed by atoms with Gasteiger partial charge in [0.1, 0.15) is 4.08 Å². The number of anilines is 3. The van der Waals surface area contributed by atoms with Gasteiger partial charge in [0.15, 0.2) is 5.17 Å². The van der Waals surface area contributed by atoms with Crippen LogP contribution in [-0.2, 0) is 10.0 Å². The number of amidine groups is 1. The molecule has 3 aromatic rings. The first-order valence-electron chi connectivity index (χ1n) is 9.63. The average molecular weight is 468 g/mol. The number of benzene rings is 3. The van der Waals surface area contributed by atoms with Gasteiger partial charge in [-0.05, 0) is 62.5 Å². The van der Waals surface area contributed by atoms with Crippen LogP contribution < -0.4 is 9.21 Å². The Labute approximate surface area is 192 Å². The van der Waals surface area contributed by atoms with Crippen molar-refractivity contribution in [3.05, 3.63) is 91.0 Å². The number of hydrogen-bond donors (Lipinski definition) is 0. The van der Waals surface area contributed by atoms with Gasteiger partial charge in [-0.3, -0.25) is 4.90 Å². The molecule has 1 aliphatic rings. The van der Waals surface area contributed by atoms with E-state index in [-0.39, 0.29) is 5.11 Å². The van der Waals surface area contributed by atoms with Gasteiger partial charge in [-0.15, -0.1) is 0 Å². The molecule has 0 aliphatic carbocycles. The molecule has 158 valence electrons. The zero-order valence-corrected chi connectivity index (χ0v) is 19.5. The number of rotatable bonds is 3. The second-order valence-electron chi connectivity index (χ2n) is 7.29. The van der Waals surface area contributed by atoms with Crippen LogP contribution in [0.1, 0.15) is 13.8 Å². The lowest BCUT2D eigenvalue weighted by atomic mass is 10.2. The van der Waals surface area contributed by atoms with Crippen LogP contribution in [0.5, 0.6) is 0 Å². The smallest absolute Gasteiger partial charge is 0.256 e. The van der Waals surface area contributed by atoms with Crippen LogP contribution in [0.3, 0.4) is 0 Å². The minimum Gasteiger partial charge on any atom is -0.286 e. The van der Waals surface area contributed by atoms with Gasteiger partial charge in [-0.1, -0.05) is 66.4 Å². The van der Waals surface area contributed by atoms with Crippen molar-refractivity contribution in [2.45, 2.75) is 17.9 Å². The Kier molecular flexibility index (Phi) is 5.88. The van der Waals surface area contributed by atoms with E-state index < -0.39 is 14.1 Å². The molecule has 1 aliphatic heterocycles. The van der Waals surface area contributed by atoms with Crippen molar-refractivity contribution in [1.82, 2.24) is 0 Å². The Morgan fingerprint density at radius 3 is 1.81 bits per heavy atom. The van der Waals surface area contributed by atoms with Gasteiger partial charge in [0.25, 0.3) is 10.0 Å². The van der Waals surface area contributed by atoms with Crippen molar-refractivity contribution in [3.63, 3.8) is 0 Å². The molecule has 0 aromatic heterocycles.